The zero-order valence-electron chi connectivity index (χ0n) is 7.16. The van der Waals surface area contributed by atoms with E-state index >= 15 is 0 Å². The van der Waals surface area contributed by atoms with E-state index in [2.05, 4.69) is 0 Å². The van der Waals surface area contributed by atoms with E-state index in [0.717, 1.165) is 11.1 Å². The third kappa shape index (κ3) is 2.27. The van der Waals surface area contributed by atoms with Crippen molar-refractivity contribution in [1.82, 2.24) is 0 Å². The summed E-state index contributed by atoms with van der Waals surface area (Å²) in [5.41, 5.74) is 2.06. The molecule has 0 heterocycles. The molecule has 12 heavy (non-hydrogen) atoms. The van der Waals surface area contributed by atoms with Crippen LogP contribution in [0.4, 0.5) is 0 Å². The van der Waals surface area contributed by atoms with Crippen molar-refractivity contribution in [2.24, 2.45) is 0 Å². The Morgan fingerprint density at radius 2 is 1.67 bits per heavy atom. The topological polar surface area (TPSA) is 37.3 Å². The molecule has 1 aromatic rings. The van der Waals surface area contributed by atoms with E-state index in [0.29, 0.717) is 5.56 Å². The third-order valence-electron chi connectivity index (χ3n) is 1.69. The summed E-state index contributed by atoms with van der Waals surface area (Å²) in [5, 5.41) is 8.75. The molecule has 0 saturated heterocycles. The molecular weight excluding hydrogens is 255 g/mol. The van der Waals surface area contributed by atoms with Gasteiger partial charge in [0.15, 0.2) is 0 Å². The summed E-state index contributed by atoms with van der Waals surface area (Å²) in [7, 11) is 0. The van der Waals surface area contributed by atoms with Crippen molar-refractivity contribution in [3.05, 3.63) is 34.9 Å². The average molecular weight is 265 g/mol. The fraction of sp³-hybridized carbons (Fsp3) is 0.222. The van der Waals surface area contributed by atoms with E-state index in [1.54, 1.807) is 26.0 Å². The molecule has 61 valence electrons. The number of aromatic carboxylic acids is 1. The quantitative estimate of drug-likeness (QED) is 0.837. The third-order valence-corrected chi connectivity index (χ3v) is 1.69. The number of hydrogen-bond acceptors (Lipinski definition) is 1. The van der Waals surface area contributed by atoms with Crippen molar-refractivity contribution in [3.63, 3.8) is 0 Å². The van der Waals surface area contributed by atoms with Gasteiger partial charge in [-0.3, -0.25) is 0 Å². The van der Waals surface area contributed by atoms with Gasteiger partial charge in [0.25, 0.3) is 0 Å². The van der Waals surface area contributed by atoms with Gasteiger partial charge in [-0.05, 0) is 25.0 Å². The van der Waals surface area contributed by atoms with Gasteiger partial charge >= 0.3 is 5.97 Å². The summed E-state index contributed by atoms with van der Waals surface area (Å²) in [6.07, 6.45) is 0. The van der Waals surface area contributed by atoms with E-state index in [4.69, 9.17) is 5.11 Å². The van der Waals surface area contributed by atoms with Crippen molar-refractivity contribution in [2.45, 2.75) is 13.8 Å². The Balaban J connectivity index is 0.00000121. The standard InChI is InChI=1S/C9H10O2.In/c1-6-4-3-5-7(2)8(6)9(10)11;/h3-5H,1-2H3,(H,10,11);. The molecular formula is C9H10InO2. The Labute approximate surface area is 90.4 Å². The Bertz CT molecular complexity index is 274. The summed E-state index contributed by atoms with van der Waals surface area (Å²) in [4.78, 5) is 10.6. The van der Waals surface area contributed by atoms with E-state index in [-0.39, 0.29) is 25.8 Å². The van der Waals surface area contributed by atoms with Gasteiger partial charge in [0, 0.05) is 25.8 Å². The largest absolute Gasteiger partial charge is 0.478 e. The summed E-state index contributed by atoms with van der Waals surface area (Å²) in [5.74, 6) is -0.847. The van der Waals surface area contributed by atoms with Crippen LogP contribution in [-0.2, 0) is 0 Å². The molecule has 3 heteroatoms. The molecule has 0 unspecified atom stereocenters. The van der Waals surface area contributed by atoms with Crippen LogP contribution in [0.1, 0.15) is 21.5 Å². The van der Waals surface area contributed by atoms with Crippen LogP contribution in [0.25, 0.3) is 0 Å². The van der Waals surface area contributed by atoms with Gasteiger partial charge in [0.05, 0.1) is 5.56 Å². The number of hydrogen-bond donors (Lipinski definition) is 1. The molecule has 0 saturated carbocycles. The van der Waals surface area contributed by atoms with Gasteiger partial charge in [-0.25, -0.2) is 4.79 Å². The number of carboxylic acid groups (broad SMARTS) is 1. The summed E-state index contributed by atoms with van der Waals surface area (Å²) in [6.45, 7) is 3.60. The summed E-state index contributed by atoms with van der Waals surface area (Å²) < 4.78 is 0. The molecule has 1 aromatic carbocycles. The molecule has 0 spiro atoms. The Hall–Kier alpha value is -0.440. The second-order valence-corrected chi connectivity index (χ2v) is 2.57. The molecule has 0 amide bonds. The zero-order valence-corrected chi connectivity index (χ0v) is 10.5. The molecule has 1 rings (SSSR count). The zero-order chi connectivity index (χ0) is 8.43. The number of benzene rings is 1. The first-order chi connectivity index (χ1) is 5.13. The number of aryl methyl sites for hydroxylation is 2. The maximum atomic E-state index is 10.6. The van der Waals surface area contributed by atoms with Crippen molar-refractivity contribution >= 4 is 31.8 Å². The van der Waals surface area contributed by atoms with Crippen molar-refractivity contribution in [2.75, 3.05) is 0 Å². The fourth-order valence-electron chi connectivity index (χ4n) is 1.15. The van der Waals surface area contributed by atoms with Crippen LogP contribution < -0.4 is 0 Å². The molecule has 0 aliphatic heterocycles. The van der Waals surface area contributed by atoms with Gasteiger partial charge in [-0.15, -0.1) is 0 Å². The first-order valence-corrected chi connectivity index (χ1v) is 3.42. The maximum absolute atomic E-state index is 10.6. The Kier molecular flexibility index (Phi) is 4.39. The second kappa shape index (κ2) is 4.55. The van der Waals surface area contributed by atoms with Crippen molar-refractivity contribution in [3.8, 4) is 0 Å². The minimum absolute atomic E-state index is 0. The molecule has 3 radical (unpaired) electrons. The number of rotatable bonds is 1. The van der Waals surface area contributed by atoms with E-state index < -0.39 is 5.97 Å². The minimum atomic E-state index is -0.847. The Morgan fingerprint density at radius 3 is 1.92 bits per heavy atom. The predicted octanol–water partition coefficient (Wildman–Crippen LogP) is 1.62. The van der Waals surface area contributed by atoms with Crippen LogP contribution in [0.2, 0.25) is 0 Å². The summed E-state index contributed by atoms with van der Waals surface area (Å²) in [6, 6.07) is 5.46. The Morgan fingerprint density at radius 1 is 1.25 bits per heavy atom. The molecule has 2 nitrogen and oxygen atoms in total. The van der Waals surface area contributed by atoms with Gasteiger partial charge in [-0.1, -0.05) is 18.2 Å². The van der Waals surface area contributed by atoms with Crippen LogP contribution in [0.3, 0.4) is 0 Å². The molecule has 0 aromatic heterocycles. The minimum Gasteiger partial charge on any atom is -0.478 e. The van der Waals surface area contributed by atoms with Crippen LogP contribution in [-0.4, -0.2) is 36.9 Å². The monoisotopic (exact) mass is 265 g/mol. The molecule has 0 bridgehead atoms. The first kappa shape index (κ1) is 11.6. The average Bonchev–Trinajstić information content (AvgIpc) is 1.85. The normalized spacial score (nSPS) is 8.83. The SMILES string of the molecule is Cc1cccc(C)c1C(=O)O.[In]. The van der Waals surface area contributed by atoms with Crippen LogP contribution >= 0.6 is 0 Å². The van der Waals surface area contributed by atoms with E-state index in [1.807, 2.05) is 6.07 Å². The van der Waals surface area contributed by atoms with E-state index in [9.17, 15) is 4.79 Å². The predicted molar refractivity (Wildman–Crippen MR) is 48.6 cm³/mol. The first-order valence-electron chi connectivity index (χ1n) is 3.42. The van der Waals surface area contributed by atoms with Crippen molar-refractivity contribution in [1.29, 1.82) is 0 Å². The molecule has 0 aliphatic rings. The number of carboxylic acids is 1. The molecule has 0 aliphatic carbocycles. The van der Waals surface area contributed by atoms with Gasteiger partial charge < -0.3 is 5.11 Å². The second-order valence-electron chi connectivity index (χ2n) is 2.57. The maximum Gasteiger partial charge on any atom is 0.336 e. The molecule has 0 fully saturated rings. The van der Waals surface area contributed by atoms with Crippen LogP contribution in [0.5, 0.6) is 0 Å². The summed E-state index contributed by atoms with van der Waals surface area (Å²) >= 11 is 0. The van der Waals surface area contributed by atoms with Crippen LogP contribution in [0, 0.1) is 13.8 Å². The molecule has 0 atom stereocenters. The van der Waals surface area contributed by atoms with Gasteiger partial charge in [0.2, 0.25) is 0 Å². The van der Waals surface area contributed by atoms with Crippen LogP contribution in [0.15, 0.2) is 18.2 Å². The van der Waals surface area contributed by atoms with E-state index in [1.165, 1.54) is 0 Å². The van der Waals surface area contributed by atoms with Gasteiger partial charge in [-0.2, -0.15) is 0 Å². The fourth-order valence-corrected chi connectivity index (χ4v) is 1.15. The van der Waals surface area contributed by atoms with Gasteiger partial charge in [0.1, 0.15) is 0 Å². The number of carbonyl (C=O) groups is 1. The molecule has 1 N–H and O–H groups in total. The smallest absolute Gasteiger partial charge is 0.336 e. The van der Waals surface area contributed by atoms with Crippen molar-refractivity contribution < 1.29 is 9.90 Å².